The summed E-state index contributed by atoms with van der Waals surface area (Å²) in [6, 6.07) is 11.5. The van der Waals surface area contributed by atoms with Crippen LogP contribution >= 0.6 is 23.1 Å². The molecule has 0 bridgehead atoms. The van der Waals surface area contributed by atoms with E-state index in [0.29, 0.717) is 34.0 Å². The molecule has 0 aliphatic carbocycles. The van der Waals surface area contributed by atoms with Gasteiger partial charge in [-0.05, 0) is 54.8 Å². The van der Waals surface area contributed by atoms with Crippen LogP contribution in [0, 0.1) is 5.82 Å². The fourth-order valence-corrected chi connectivity index (χ4v) is 5.13. The summed E-state index contributed by atoms with van der Waals surface area (Å²) in [6.45, 7) is 0. The highest BCUT2D eigenvalue weighted by molar-refractivity contribution is 7.98. The fourth-order valence-electron chi connectivity index (χ4n) is 3.84. The number of amides is 3. The topological polar surface area (TPSA) is 96.7 Å². The summed E-state index contributed by atoms with van der Waals surface area (Å²) in [4.78, 5) is 45.1. The van der Waals surface area contributed by atoms with E-state index in [9.17, 15) is 18.8 Å². The standard InChI is InChI=1S/C23H18FN5O3S2/c1-33-11-10-17(28-20(31)15-4-2-3-5-16(15)21(28)32)19(30)25-22-26-23-29(27-22)18(12-34-23)13-6-8-14(24)9-7-13/h2-9,12,17H,10-11H2,1H3,(H,25,27,30). The second kappa shape index (κ2) is 8.99. The first-order valence-electron chi connectivity index (χ1n) is 10.3. The van der Waals surface area contributed by atoms with Gasteiger partial charge in [0, 0.05) is 10.9 Å². The maximum absolute atomic E-state index is 13.3. The molecule has 8 nitrogen and oxygen atoms in total. The van der Waals surface area contributed by atoms with Crippen LogP contribution in [0.3, 0.4) is 0 Å². The zero-order valence-electron chi connectivity index (χ0n) is 17.9. The van der Waals surface area contributed by atoms with E-state index in [1.165, 1.54) is 35.2 Å². The molecule has 1 aliphatic rings. The summed E-state index contributed by atoms with van der Waals surface area (Å²) in [5.74, 6) is -1.22. The Morgan fingerprint density at radius 2 is 1.79 bits per heavy atom. The van der Waals surface area contributed by atoms with Crippen molar-refractivity contribution in [2.45, 2.75) is 12.5 Å². The van der Waals surface area contributed by atoms with Crippen molar-refractivity contribution >= 4 is 51.7 Å². The molecule has 5 rings (SSSR count). The molecule has 172 valence electrons. The number of carbonyl (C=O) groups is 3. The Balaban J connectivity index is 1.42. The Kier molecular flexibility index (Phi) is 5.88. The smallest absolute Gasteiger partial charge is 0.262 e. The SMILES string of the molecule is CSCCC(C(=O)Nc1nc2scc(-c3ccc(F)cc3)n2n1)N1C(=O)c2ccccc2C1=O. The fraction of sp³-hybridized carbons (Fsp3) is 0.174. The summed E-state index contributed by atoms with van der Waals surface area (Å²) in [5, 5.41) is 8.88. The van der Waals surface area contributed by atoms with Crippen molar-refractivity contribution < 1.29 is 18.8 Å². The number of thioether (sulfide) groups is 1. The van der Waals surface area contributed by atoms with Gasteiger partial charge in [-0.1, -0.05) is 12.1 Å². The molecule has 1 aliphatic heterocycles. The molecule has 1 unspecified atom stereocenters. The number of halogens is 1. The predicted molar refractivity (Wildman–Crippen MR) is 129 cm³/mol. The first-order chi connectivity index (χ1) is 16.5. The van der Waals surface area contributed by atoms with Crippen LogP contribution in [0.15, 0.2) is 53.9 Å². The normalized spacial score (nSPS) is 14.0. The molecule has 0 saturated carbocycles. The van der Waals surface area contributed by atoms with Gasteiger partial charge in [-0.3, -0.25) is 24.6 Å². The van der Waals surface area contributed by atoms with Crippen LogP contribution < -0.4 is 5.32 Å². The van der Waals surface area contributed by atoms with Gasteiger partial charge < -0.3 is 0 Å². The van der Waals surface area contributed by atoms with Crippen LogP contribution in [-0.2, 0) is 4.79 Å². The van der Waals surface area contributed by atoms with Gasteiger partial charge in [-0.15, -0.1) is 16.4 Å². The number of aromatic nitrogens is 3. The molecular weight excluding hydrogens is 477 g/mol. The quantitative estimate of drug-likeness (QED) is 0.390. The van der Waals surface area contributed by atoms with Crippen molar-refractivity contribution in [3.63, 3.8) is 0 Å². The van der Waals surface area contributed by atoms with Gasteiger partial charge in [0.2, 0.25) is 10.9 Å². The Bertz CT molecular complexity index is 1380. The second-order valence-electron chi connectivity index (χ2n) is 7.57. The number of fused-ring (bicyclic) bond motifs is 2. The minimum absolute atomic E-state index is 0.0611. The lowest BCUT2D eigenvalue weighted by atomic mass is 10.1. The number of nitrogens with one attached hydrogen (secondary N) is 1. The van der Waals surface area contributed by atoms with Crippen molar-refractivity contribution in [2.75, 3.05) is 17.3 Å². The summed E-state index contributed by atoms with van der Waals surface area (Å²) >= 11 is 2.84. The Morgan fingerprint density at radius 1 is 1.12 bits per heavy atom. The lowest BCUT2D eigenvalue weighted by Crippen LogP contribution is -2.47. The Hall–Kier alpha value is -3.57. The lowest BCUT2D eigenvalue weighted by Gasteiger charge is -2.24. The van der Waals surface area contributed by atoms with Gasteiger partial charge in [0.05, 0.1) is 16.8 Å². The molecule has 0 radical (unpaired) electrons. The predicted octanol–water partition coefficient (Wildman–Crippen LogP) is 3.95. The van der Waals surface area contributed by atoms with Crippen LogP contribution in [0.4, 0.5) is 10.3 Å². The van der Waals surface area contributed by atoms with E-state index >= 15 is 0 Å². The van der Waals surface area contributed by atoms with E-state index in [-0.39, 0.29) is 11.8 Å². The van der Waals surface area contributed by atoms with Gasteiger partial charge in [-0.25, -0.2) is 8.91 Å². The number of nitrogens with zero attached hydrogens (tertiary/aromatic N) is 4. The van der Waals surface area contributed by atoms with E-state index in [1.54, 1.807) is 40.9 Å². The highest BCUT2D eigenvalue weighted by atomic mass is 32.2. The number of hydrogen-bond acceptors (Lipinski definition) is 7. The van der Waals surface area contributed by atoms with Crippen LogP contribution in [-0.4, -0.2) is 55.3 Å². The van der Waals surface area contributed by atoms with E-state index < -0.39 is 23.8 Å². The summed E-state index contributed by atoms with van der Waals surface area (Å²) in [7, 11) is 0. The first-order valence-corrected chi connectivity index (χ1v) is 12.6. The van der Waals surface area contributed by atoms with Crippen molar-refractivity contribution in [2.24, 2.45) is 0 Å². The molecule has 1 N–H and O–H groups in total. The van der Waals surface area contributed by atoms with Gasteiger partial charge in [0.1, 0.15) is 11.9 Å². The summed E-state index contributed by atoms with van der Waals surface area (Å²) < 4.78 is 14.9. The van der Waals surface area contributed by atoms with Crippen LogP contribution in [0.2, 0.25) is 0 Å². The minimum atomic E-state index is -1.00. The first kappa shape index (κ1) is 22.2. The molecule has 2 aromatic carbocycles. The highest BCUT2D eigenvalue weighted by Crippen LogP contribution is 2.28. The van der Waals surface area contributed by atoms with Gasteiger partial charge >= 0.3 is 0 Å². The molecular formula is C23H18FN5O3S2. The molecule has 1 atom stereocenters. The third-order valence-corrected chi connectivity index (χ3v) is 6.95. The Labute approximate surface area is 201 Å². The molecule has 4 aromatic rings. The molecule has 3 heterocycles. The van der Waals surface area contributed by atoms with Crippen molar-refractivity contribution in [1.82, 2.24) is 19.5 Å². The zero-order valence-corrected chi connectivity index (χ0v) is 19.5. The van der Waals surface area contributed by atoms with E-state index in [0.717, 1.165) is 10.5 Å². The number of benzene rings is 2. The highest BCUT2D eigenvalue weighted by Gasteiger charge is 2.42. The molecule has 34 heavy (non-hydrogen) atoms. The molecule has 3 amide bonds. The van der Waals surface area contributed by atoms with Crippen LogP contribution in [0.1, 0.15) is 27.1 Å². The number of anilines is 1. The number of imide groups is 1. The van der Waals surface area contributed by atoms with Crippen LogP contribution in [0.25, 0.3) is 16.2 Å². The van der Waals surface area contributed by atoms with Crippen molar-refractivity contribution in [1.29, 1.82) is 0 Å². The zero-order chi connectivity index (χ0) is 23.8. The largest absolute Gasteiger partial charge is 0.291 e. The molecule has 0 fully saturated rings. The summed E-state index contributed by atoms with van der Waals surface area (Å²) in [6.07, 6.45) is 2.18. The van der Waals surface area contributed by atoms with Gasteiger partial charge in [-0.2, -0.15) is 16.7 Å². The van der Waals surface area contributed by atoms with Crippen LogP contribution in [0.5, 0.6) is 0 Å². The molecule has 0 spiro atoms. The molecule has 11 heteroatoms. The third kappa shape index (κ3) is 3.86. The number of hydrogen-bond donors (Lipinski definition) is 1. The van der Waals surface area contributed by atoms with E-state index in [1.807, 2.05) is 11.6 Å². The van der Waals surface area contributed by atoms with Crippen molar-refractivity contribution in [3.8, 4) is 11.3 Å². The average Bonchev–Trinajstić information content (AvgIpc) is 3.48. The maximum atomic E-state index is 13.3. The van der Waals surface area contributed by atoms with Crippen molar-refractivity contribution in [3.05, 3.63) is 70.9 Å². The third-order valence-electron chi connectivity index (χ3n) is 5.49. The lowest BCUT2D eigenvalue weighted by molar-refractivity contribution is -0.120. The number of carbonyl (C=O) groups excluding carboxylic acids is 3. The number of rotatable bonds is 7. The Morgan fingerprint density at radius 3 is 2.44 bits per heavy atom. The number of thiazole rings is 1. The maximum Gasteiger partial charge on any atom is 0.262 e. The summed E-state index contributed by atoms with van der Waals surface area (Å²) in [5.41, 5.74) is 2.03. The minimum Gasteiger partial charge on any atom is -0.291 e. The van der Waals surface area contributed by atoms with Gasteiger partial charge in [0.15, 0.2) is 0 Å². The molecule has 2 aromatic heterocycles. The van der Waals surface area contributed by atoms with E-state index in [4.69, 9.17) is 0 Å². The van der Waals surface area contributed by atoms with Gasteiger partial charge in [0.25, 0.3) is 17.8 Å². The second-order valence-corrected chi connectivity index (χ2v) is 9.39. The average molecular weight is 496 g/mol. The molecule has 0 saturated heterocycles. The van der Waals surface area contributed by atoms with E-state index in [2.05, 4.69) is 15.4 Å². The monoisotopic (exact) mass is 495 g/mol.